The zero-order chi connectivity index (χ0) is 15.6. The van der Waals surface area contributed by atoms with E-state index in [0.29, 0.717) is 13.0 Å². The minimum atomic E-state index is -0.885. The molecular formula is C14H28N2O3S. The maximum Gasteiger partial charge on any atom is 0.315 e. The summed E-state index contributed by atoms with van der Waals surface area (Å²) in [6, 6.07) is -0.575. The Balaban J connectivity index is 4.34. The minimum absolute atomic E-state index is 0.0313. The summed E-state index contributed by atoms with van der Waals surface area (Å²) in [5, 5.41) is 14.5. The molecule has 0 heterocycles. The molecule has 0 aromatic heterocycles. The van der Waals surface area contributed by atoms with E-state index in [1.165, 1.54) is 0 Å². The summed E-state index contributed by atoms with van der Waals surface area (Å²) in [5.74, 6) is -0.885. The molecule has 0 aliphatic rings. The third-order valence-corrected chi connectivity index (χ3v) is 5.27. The van der Waals surface area contributed by atoms with Crippen LogP contribution in [0.2, 0.25) is 0 Å². The smallest absolute Gasteiger partial charge is 0.315 e. The van der Waals surface area contributed by atoms with Crippen LogP contribution in [-0.4, -0.2) is 40.7 Å². The van der Waals surface area contributed by atoms with Gasteiger partial charge in [0.1, 0.15) is 0 Å². The Morgan fingerprint density at radius 2 is 1.85 bits per heavy atom. The standard InChI is InChI=1S/C14H28N2O3S/c1-5-8-11(9-12(17)18)16-13(19)15-10-14(6-2,7-3)20-4/h11H,5-10H2,1-4H3,(H,17,18)(H2,15,16,19). The quantitative estimate of drug-likeness (QED) is 0.580. The molecule has 118 valence electrons. The first-order valence-corrected chi connectivity index (χ1v) is 8.46. The number of carboxylic acids is 1. The van der Waals surface area contributed by atoms with E-state index in [0.717, 1.165) is 19.3 Å². The van der Waals surface area contributed by atoms with Crippen molar-refractivity contribution in [2.24, 2.45) is 0 Å². The number of aliphatic carboxylic acids is 1. The van der Waals surface area contributed by atoms with E-state index in [1.54, 1.807) is 11.8 Å². The summed E-state index contributed by atoms with van der Waals surface area (Å²) < 4.78 is 0.0599. The summed E-state index contributed by atoms with van der Waals surface area (Å²) in [7, 11) is 0. The van der Waals surface area contributed by atoms with Gasteiger partial charge in [0.05, 0.1) is 6.42 Å². The van der Waals surface area contributed by atoms with Crippen LogP contribution in [0.1, 0.15) is 52.9 Å². The van der Waals surface area contributed by atoms with E-state index >= 15 is 0 Å². The van der Waals surface area contributed by atoms with Gasteiger partial charge in [-0.1, -0.05) is 27.2 Å². The van der Waals surface area contributed by atoms with Crippen molar-refractivity contribution in [3.63, 3.8) is 0 Å². The topological polar surface area (TPSA) is 78.4 Å². The summed E-state index contributed by atoms with van der Waals surface area (Å²) in [6.45, 7) is 6.80. The maximum atomic E-state index is 11.9. The highest BCUT2D eigenvalue weighted by atomic mass is 32.2. The Morgan fingerprint density at radius 1 is 1.25 bits per heavy atom. The molecule has 5 nitrogen and oxygen atoms in total. The largest absolute Gasteiger partial charge is 0.481 e. The molecule has 2 amide bonds. The molecule has 0 saturated heterocycles. The summed E-state index contributed by atoms with van der Waals surface area (Å²) in [4.78, 5) is 22.6. The zero-order valence-corrected chi connectivity index (χ0v) is 13.8. The lowest BCUT2D eigenvalue weighted by Gasteiger charge is -2.30. The number of carboxylic acid groups (broad SMARTS) is 1. The summed E-state index contributed by atoms with van der Waals surface area (Å²) >= 11 is 1.76. The second kappa shape index (κ2) is 9.91. The fourth-order valence-corrected chi connectivity index (χ4v) is 2.92. The molecule has 0 rings (SSSR count). The lowest BCUT2D eigenvalue weighted by molar-refractivity contribution is -0.137. The molecule has 0 aliphatic carbocycles. The number of amides is 2. The number of hydrogen-bond donors (Lipinski definition) is 3. The van der Waals surface area contributed by atoms with Gasteiger partial charge in [0, 0.05) is 17.3 Å². The summed E-state index contributed by atoms with van der Waals surface area (Å²) in [5.41, 5.74) is 0. The SMILES string of the molecule is CCCC(CC(=O)O)NC(=O)NCC(CC)(CC)SC. The second-order valence-corrected chi connectivity index (χ2v) is 6.28. The molecule has 3 N–H and O–H groups in total. The Labute approximate surface area is 126 Å². The van der Waals surface area contributed by atoms with Crippen LogP contribution < -0.4 is 10.6 Å². The van der Waals surface area contributed by atoms with E-state index in [4.69, 9.17) is 5.11 Å². The highest BCUT2D eigenvalue weighted by Crippen LogP contribution is 2.29. The molecule has 0 aromatic rings. The van der Waals surface area contributed by atoms with Crippen LogP contribution in [0, 0.1) is 0 Å². The van der Waals surface area contributed by atoms with Crippen molar-refractivity contribution < 1.29 is 14.7 Å². The van der Waals surface area contributed by atoms with Crippen molar-refractivity contribution >= 4 is 23.8 Å². The molecule has 0 aromatic carbocycles. The lowest BCUT2D eigenvalue weighted by Crippen LogP contribution is -2.47. The molecule has 0 spiro atoms. The zero-order valence-electron chi connectivity index (χ0n) is 13.0. The van der Waals surface area contributed by atoms with E-state index in [1.807, 2.05) is 6.92 Å². The van der Waals surface area contributed by atoms with Gasteiger partial charge in [0.2, 0.25) is 0 Å². The molecule has 1 unspecified atom stereocenters. The van der Waals surface area contributed by atoms with Crippen LogP contribution >= 0.6 is 11.8 Å². The van der Waals surface area contributed by atoms with E-state index < -0.39 is 5.97 Å². The van der Waals surface area contributed by atoms with Gasteiger partial charge in [-0.2, -0.15) is 11.8 Å². The number of nitrogens with one attached hydrogen (secondary N) is 2. The Hall–Kier alpha value is -0.910. The number of carbonyl (C=O) groups excluding carboxylic acids is 1. The molecule has 0 fully saturated rings. The minimum Gasteiger partial charge on any atom is -0.481 e. The van der Waals surface area contributed by atoms with Gasteiger partial charge >= 0.3 is 12.0 Å². The van der Waals surface area contributed by atoms with Crippen molar-refractivity contribution in [2.75, 3.05) is 12.8 Å². The van der Waals surface area contributed by atoms with Crippen LogP contribution in [0.25, 0.3) is 0 Å². The lowest BCUT2D eigenvalue weighted by atomic mass is 10.0. The summed E-state index contributed by atoms with van der Waals surface area (Å²) in [6.07, 6.45) is 5.51. The fourth-order valence-electron chi connectivity index (χ4n) is 2.12. The van der Waals surface area contributed by atoms with E-state index in [2.05, 4.69) is 30.7 Å². The third kappa shape index (κ3) is 7.03. The molecule has 0 saturated carbocycles. The van der Waals surface area contributed by atoms with Crippen molar-refractivity contribution in [3.05, 3.63) is 0 Å². The average Bonchev–Trinajstić information content (AvgIpc) is 2.40. The fraction of sp³-hybridized carbons (Fsp3) is 0.857. The predicted molar refractivity (Wildman–Crippen MR) is 84.3 cm³/mol. The second-order valence-electron chi connectivity index (χ2n) is 5.00. The van der Waals surface area contributed by atoms with E-state index in [-0.39, 0.29) is 23.2 Å². The number of urea groups is 1. The first-order chi connectivity index (χ1) is 9.42. The average molecular weight is 304 g/mol. The van der Waals surface area contributed by atoms with Crippen molar-refractivity contribution in [1.82, 2.24) is 10.6 Å². The van der Waals surface area contributed by atoms with Gasteiger partial charge in [0.15, 0.2) is 0 Å². The number of hydrogen-bond acceptors (Lipinski definition) is 3. The number of carbonyl (C=O) groups is 2. The van der Waals surface area contributed by atoms with Crippen LogP contribution in [0.4, 0.5) is 4.79 Å². The molecule has 0 aliphatic heterocycles. The first kappa shape index (κ1) is 19.1. The van der Waals surface area contributed by atoms with Crippen molar-refractivity contribution in [1.29, 1.82) is 0 Å². The molecule has 0 radical (unpaired) electrons. The van der Waals surface area contributed by atoms with Crippen LogP contribution in [0.3, 0.4) is 0 Å². The maximum absolute atomic E-state index is 11.9. The van der Waals surface area contributed by atoms with Gasteiger partial charge < -0.3 is 15.7 Å². The first-order valence-electron chi connectivity index (χ1n) is 7.24. The number of rotatable bonds is 10. The molecule has 1 atom stereocenters. The molecule has 0 bridgehead atoms. The third-order valence-electron chi connectivity index (χ3n) is 3.69. The molecule has 20 heavy (non-hydrogen) atoms. The molecule has 6 heteroatoms. The van der Waals surface area contributed by atoms with Crippen molar-refractivity contribution in [2.45, 2.75) is 63.7 Å². The van der Waals surface area contributed by atoms with E-state index in [9.17, 15) is 9.59 Å². The Bertz CT molecular complexity index is 299. The monoisotopic (exact) mass is 304 g/mol. The normalized spacial score (nSPS) is 12.8. The van der Waals surface area contributed by atoms with Gasteiger partial charge in [0.25, 0.3) is 0 Å². The van der Waals surface area contributed by atoms with Gasteiger partial charge in [-0.15, -0.1) is 0 Å². The van der Waals surface area contributed by atoms with Gasteiger partial charge in [-0.05, 0) is 25.5 Å². The highest BCUT2D eigenvalue weighted by Gasteiger charge is 2.25. The molecular weight excluding hydrogens is 276 g/mol. The number of thioether (sulfide) groups is 1. The van der Waals surface area contributed by atoms with Crippen molar-refractivity contribution in [3.8, 4) is 0 Å². The van der Waals surface area contributed by atoms with Crippen LogP contribution in [-0.2, 0) is 4.79 Å². The Morgan fingerprint density at radius 3 is 2.25 bits per heavy atom. The highest BCUT2D eigenvalue weighted by molar-refractivity contribution is 8.00. The Kier molecular flexibility index (Phi) is 9.46. The van der Waals surface area contributed by atoms with Crippen LogP contribution in [0.5, 0.6) is 0 Å². The van der Waals surface area contributed by atoms with Gasteiger partial charge in [-0.3, -0.25) is 4.79 Å². The van der Waals surface area contributed by atoms with Crippen LogP contribution in [0.15, 0.2) is 0 Å². The predicted octanol–water partition coefficient (Wildman–Crippen LogP) is 2.85. The van der Waals surface area contributed by atoms with Gasteiger partial charge in [-0.25, -0.2) is 4.79 Å².